The van der Waals surface area contributed by atoms with E-state index in [1.54, 1.807) is 24.3 Å². The number of nitrogens with zero attached hydrogens (tertiary/aromatic N) is 1. The topological polar surface area (TPSA) is 85.6 Å². The third-order valence-corrected chi connectivity index (χ3v) is 2.19. The van der Waals surface area contributed by atoms with Gasteiger partial charge in [0, 0.05) is 0 Å². The van der Waals surface area contributed by atoms with Gasteiger partial charge >= 0.3 is 11.9 Å². The van der Waals surface area contributed by atoms with E-state index in [4.69, 9.17) is 10.00 Å². The molecule has 1 aromatic rings. The molecule has 0 aliphatic rings. The Morgan fingerprint density at radius 3 is 2.26 bits per heavy atom. The molecule has 0 amide bonds. The average molecular weight is 261 g/mol. The minimum Gasteiger partial charge on any atom is -0.497 e. The maximum absolute atomic E-state index is 11.4. The molecule has 6 heteroatoms. The highest BCUT2D eigenvalue weighted by atomic mass is 16.5. The van der Waals surface area contributed by atoms with E-state index in [2.05, 4.69) is 9.47 Å². The average Bonchev–Trinajstić information content (AvgIpc) is 2.44. The Bertz CT molecular complexity index is 539. The van der Waals surface area contributed by atoms with E-state index in [1.165, 1.54) is 19.4 Å². The van der Waals surface area contributed by atoms with Gasteiger partial charge in [0.1, 0.15) is 11.3 Å². The first-order chi connectivity index (χ1) is 9.12. The van der Waals surface area contributed by atoms with Gasteiger partial charge in [-0.2, -0.15) is 0 Å². The van der Waals surface area contributed by atoms with E-state index in [0.717, 1.165) is 7.11 Å². The summed E-state index contributed by atoms with van der Waals surface area (Å²) < 4.78 is 13.6. The number of benzene rings is 1. The van der Waals surface area contributed by atoms with Gasteiger partial charge in [-0.05, 0) is 23.8 Å². The highest BCUT2D eigenvalue weighted by Gasteiger charge is 2.20. The fraction of sp³-hybridized carbons (Fsp3) is 0.154. The number of rotatable bonds is 4. The third kappa shape index (κ3) is 3.85. The van der Waals surface area contributed by atoms with E-state index in [1.807, 2.05) is 0 Å². The van der Waals surface area contributed by atoms with Crippen molar-refractivity contribution < 1.29 is 23.8 Å². The summed E-state index contributed by atoms with van der Waals surface area (Å²) in [6, 6.07) is 6.61. The molecule has 98 valence electrons. The summed E-state index contributed by atoms with van der Waals surface area (Å²) in [5.74, 6) is -1.31. The van der Waals surface area contributed by atoms with Crippen LogP contribution >= 0.6 is 0 Å². The molecule has 0 heterocycles. The molecule has 0 aromatic heterocycles. The standard InChI is InChI=1S/C13H11NO5/c1-17-10-5-3-9(4-6-10)7-11(12(15)18-2)13(16)19-8-14/h3-7H,1-2H3/b11-7+. The lowest BCUT2D eigenvalue weighted by molar-refractivity contribution is -0.142. The summed E-state index contributed by atoms with van der Waals surface area (Å²) >= 11 is 0. The van der Waals surface area contributed by atoms with Gasteiger partial charge in [-0.1, -0.05) is 12.1 Å². The second-order valence-electron chi connectivity index (χ2n) is 3.30. The zero-order chi connectivity index (χ0) is 14.3. The molecule has 0 saturated carbocycles. The fourth-order valence-corrected chi connectivity index (χ4v) is 1.27. The quantitative estimate of drug-likeness (QED) is 0.267. The summed E-state index contributed by atoms with van der Waals surface area (Å²) in [5, 5.41) is 8.29. The monoisotopic (exact) mass is 261 g/mol. The molecule has 0 saturated heterocycles. The minimum atomic E-state index is -1.06. The van der Waals surface area contributed by atoms with Crippen LogP contribution in [0.5, 0.6) is 5.75 Å². The van der Waals surface area contributed by atoms with Crippen LogP contribution in [-0.2, 0) is 19.1 Å². The lowest BCUT2D eigenvalue weighted by Crippen LogP contribution is -2.15. The van der Waals surface area contributed by atoms with Crippen LogP contribution < -0.4 is 4.74 Å². The number of nitriles is 1. The summed E-state index contributed by atoms with van der Waals surface area (Å²) in [5.41, 5.74) is 0.199. The Morgan fingerprint density at radius 2 is 1.79 bits per heavy atom. The summed E-state index contributed by atoms with van der Waals surface area (Å²) in [6.45, 7) is 0. The van der Waals surface area contributed by atoms with Crippen LogP contribution in [0.2, 0.25) is 0 Å². The Kier molecular flexibility index (Phi) is 5.11. The van der Waals surface area contributed by atoms with Crippen molar-refractivity contribution in [3.05, 3.63) is 35.4 Å². The highest BCUT2D eigenvalue weighted by molar-refractivity contribution is 6.17. The Labute approximate surface area is 109 Å². The largest absolute Gasteiger partial charge is 0.497 e. The number of ether oxygens (including phenoxy) is 3. The molecular formula is C13H11NO5. The molecule has 0 unspecified atom stereocenters. The van der Waals surface area contributed by atoms with Gasteiger partial charge in [0.15, 0.2) is 0 Å². The van der Waals surface area contributed by atoms with Gasteiger partial charge in [0.25, 0.3) is 6.26 Å². The molecule has 0 bridgehead atoms. The smallest absolute Gasteiger partial charge is 0.360 e. The van der Waals surface area contributed by atoms with Crippen molar-refractivity contribution >= 4 is 18.0 Å². The third-order valence-electron chi connectivity index (χ3n) is 2.19. The highest BCUT2D eigenvalue weighted by Crippen LogP contribution is 2.15. The second kappa shape index (κ2) is 6.81. The van der Waals surface area contributed by atoms with Gasteiger partial charge in [0.05, 0.1) is 14.2 Å². The first-order valence-corrected chi connectivity index (χ1v) is 5.16. The molecule has 0 aliphatic carbocycles. The lowest BCUT2D eigenvalue weighted by Gasteiger charge is -2.03. The van der Waals surface area contributed by atoms with Crippen molar-refractivity contribution in [1.29, 1.82) is 5.26 Å². The second-order valence-corrected chi connectivity index (χ2v) is 3.30. The Hall–Kier alpha value is -2.81. The molecule has 0 atom stereocenters. The van der Waals surface area contributed by atoms with Crippen molar-refractivity contribution in [2.45, 2.75) is 0 Å². The molecule has 6 nitrogen and oxygen atoms in total. The Balaban J connectivity index is 3.08. The van der Waals surface area contributed by atoms with Gasteiger partial charge < -0.3 is 14.2 Å². The predicted octanol–water partition coefficient (Wildman–Crippen LogP) is 1.28. The summed E-state index contributed by atoms with van der Waals surface area (Å²) in [4.78, 5) is 22.9. The van der Waals surface area contributed by atoms with Crippen LogP contribution in [0.25, 0.3) is 6.08 Å². The van der Waals surface area contributed by atoms with Crippen molar-refractivity contribution in [3.8, 4) is 12.0 Å². The summed E-state index contributed by atoms with van der Waals surface area (Å²) in [7, 11) is 2.65. The number of carbonyl (C=O) groups excluding carboxylic acids is 2. The molecule has 0 aliphatic heterocycles. The molecule has 0 N–H and O–H groups in total. The zero-order valence-electron chi connectivity index (χ0n) is 10.4. The van der Waals surface area contributed by atoms with E-state index >= 15 is 0 Å². The zero-order valence-corrected chi connectivity index (χ0v) is 10.4. The van der Waals surface area contributed by atoms with Crippen LogP contribution in [0.1, 0.15) is 5.56 Å². The molecule has 1 aromatic carbocycles. The SMILES string of the molecule is COC(=O)/C(=C\c1ccc(OC)cc1)C(=O)OC#N. The van der Waals surface area contributed by atoms with Crippen LogP contribution in [0.4, 0.5) is 0 Å². The number of methoxy groups -OCH3 is 2. The van der Waals surface area contributed by atoms with Crippen LogP contribution in [0, 0.1) is 11.5 Å². The van der Waals surface area contributed by atoms with Crippen LogP contribution in [0.3, 0.4) is 0 Å². The number of hydrogen-bond acceptors (Lipinski definition) is 6. The maximum atomic E-state index is 11.4. The van der Waals surface area contributed by atoms with Gasteiger partial charge in [-0.25, -0.2) is 9.59 Å². The number of esters is 2. The van der Waals surface area contributed by atoms with E-state index < -0.39 is 11.9 Å². The van der Waals surface area contributed by atoms with Crippen LogP contribution in [-0.4, -0.2) is 26.2 Å². The molecule has 0 fully saturated rings. The first kappa shape index (κ1) is 14.3. The van der Waals surface area contributed by atoms with Crippen LogP contribution in [0.15, 0.2) is 29.8 Å². The van der Waals surface area contributed by atoms with Gasteiger partial charge in [0.2, 0.25) is 0 Å². The lowest BCUT2D eigenvalue weighted by atomic mass is 10.1. The summed E-state index contributed by atoms with van der Waals surface area (Å²) in [6.07, 6.45) is 2.48. The first-order valence-electron chi connectivity index (χ1n) is 5.16. The molecule has 1 rings (SSSR count). The Morgan fingerprint density at radius 1 is 1.16 bits per heavy atom. The van der Waals surface area contributed by atoms with Crippen molar-refractivity contribution in [2.24, 2.45) is 0 Å². The number of carbonyl (C=O) groups is 2. The van der Waals surface area contributed by atoms with Crippen molar-refractivity contribution in [1.82, 2.24) is 0 Å². The molecule has 0 radical (unpaired) electrons. The van der Waals surface area contributed by atoms with E-state index in [0.29, 0.717) is 11.3 Å². The molecule has 19 heavy (non-hydrogen) atoms. The maximum Gasteiger partial charge on any atom is 0.360 e. The predicted molar refractivity (Wildman–Crippen MR) is 64.7 cm³/mol. The number of hydrogen-bond donors (Lipinski definition) is 0. The van der Waals surface area contributed by atoms with E-state index in [9.17, 15) is 9.59 Å². The normalized spacial score (nSPS) is 10.3. The fourth-order valence-electron chi connectivity index (χ4n) is 1.27. The van der Waals surface area contributed by atoms with Gasteiger partial charge in [-0.3, -0.25) is 0 Å². The molecular weight excluding hydrogens is 250 g/mol. The van der Waals surface area contributed by atoms with E-state index in [-0.39, 0.29) is 5.57 Å². The molecule has 0 spiro atoms. The van der Waals surface area contributed by atoms with Crippen molar-refractivity contribution in [2.75, 3.05) is 14.2 Å². The minimum absolute atomic E-state index is 0.366. The van der Waals surface area contributed by atoms with Crippen molar-refractivity contribution in [3.63, 3.8) is 0 Å². The van der Waals surface area contributed by atoms with Gasteiger partial charge in [-0.15, -0.1) is 5.26 Å².